The van der Waals surface area contributed by atoms with E-state index in [2.05, 4.69) is 6.58 Å². The molecule has 0 aliphatic carbocycles. The predicted molar refractivity (Wildman–Crippen MR) is 45.1 cm³/mol. The Morgan fingerprint density at radius 3 is 2.38 bits per heavy atom. The molecule has 76 valence electrons. The summed E-state index contributed by atoms with van der Waals surface area (Å²) in [6.45, 7) is 4.35. The Morgan fingerprint density at radius 1 is 1.69 bits per heavy atom. The zero-order valence-corrected chi connectivity index (χ0v) is 7.84. The van der Waals surface area contributed by atoms with Crippen molar-refractivity contribution >= 4 is 16.0 Å². The highest BCUT2D eigenvalue weighted by Crippen LogP contribution is 2.12. The lowest BCUT2D eigenvalue weighted by atomic mass is 10.4. The van der Waals surface area contributed by atoms with E-state index >= 15 is 0 Å². The number of amides is 1. The first-order valence-electron chi connectivity index (χ1n) is 3.41. The van der Waals surface area contributed by atoms with Crippen molar-refractivity contribution in [2.45, 2.75) is 18.4 Å². The SMILES string of the molecule is C=CC(=O)NC(O)(CC)S(=O)(=O)O. The van der Waals surface area contributed by atoms with Gasteiger partial charge in [0.1, 0.15) is 0 Å². The van der Waals surface area contributed by atoms with Gasteiger partial charge in [-0.3, -0.25) is 9.35 Å². The van der Waals surface area contributed by atoms with Crippen molar-refractivity contribution in [3.8, 4) is 0 Å². The van der Waals surface area contributed by atoms with E-state index in [-0.39, 0.29) is 6.42 Å². The first-order valence-corrected chi connectivity index (χ1v) is 4.85. The standard InChI is InChI=1S/C6H11NO5S/c1-3-5(8)7-6(9,4-2)13(10,11)12/h3,9H,1,4H2,2H3,(H,7,8)(H,10,11,12). The summed E-state index contributed by atoms with van der Waals surface area (Å²) in [5.74, 6) is -0.887. The maximum Gasteiger partial charge on any atom is 0.315 e. The van der Waals surface area contributed by atoms with Crippen molar-refractivity contribution in [3.63, 3.8) is 0 Å². The Morgan fingerprint density at radius 2 is 2.15 bits per heavy atom. The fourth-order valence-electron chi connectivity index (χ4n) is 0.579. The summed E-state index contributed by atoms with van der Waals surface area (Å²) in [6, 6.07) is 0. The van der Waals surface area contributed by atoms with Gasteiger partial charge in [0.05, 0.1) is 0 Å². The lowest BCUT2D eigenvalue weighted by Crippen LogP contribution is -2.53. The molecule has 1 amide bonds. The van der Waals surface area contributed by atoms with Crippen LogP contribution in [-0.2, 0) is 14.9 Å². The Labute approximate surface area is 76.0 Å². The minimum absolute atomic E-state index is 0.370. The average molecular weight is 209 g/mol. The molecule has 0 rings (SSSR count). The lowest BCUT2D eigenvalue weighted by molar-refractivity contribution is -0.120. The maximum absolute atomic E-state index is 10.7. The van der Waals surface area contributed by atoms with Gasteiger partial charge in [-0.25, -0.2) is 0 Å². The van der Waals surface area contributed by atoms with E-state index in [1.54, 1.807) is 5.32 Å². The molecule has 7 heteroatoms. The minimum atomic E-state index is -4.74. The number of carbonyl (C=O) groups is 1. The third-order valence-electron chi connectivity index (χ3n) is 1.41. The van der Waals surface area contributed by atoms with E-state index in [9.17, 15) is 18.3 Å². The molecule has 6 nitrogen and oxygen atoms in total. The highest BCUT2D eigenvalue weighted by molar-refractivity contribution is 7.87. The molecule has 0 saturated carbocycles. The summed E-state index contributed by atoms with van der Waals surface area (Å²) in [5.41, 5.74) is 0. The van der Waals surface area contributed by atoms with Crippen LogP contribution in [0.4, 0.5) is 0 Å². The summed E-state index contributed by atoms with van der Waals surface area (Å²) in [6.07, 6.45) is 0.414. The molecule has 1 atom stereocenters. The highest BCUT2D eigenvalue weighted by Gasteiger charge is 2.40. The number of hydrogen-bond donors (Lipinski definition) is 3. The molecule has 0 aliphatic heterocycles. The van der Waals surface area contributed by atoms with Crippen LogP contribution in [0.25, 0.3) is 0 Å². The normalized spacial score (nSPS) is 15.9. The van der Waals surface area contributed by atoms with E-state index < -0.39 is 21.1 Å². The first-order chi connectivity index (χ1) is 5.77. The zero-order chi connectivity index (χ0) is 10.7. The van der Waals surface area contributed by atoms with Crippen LogP contribution in [0, 0.1) is 0 Å². The number of hydrogen-bond acceptors (Lipinski definition) is 4. The molecule has 1 unspecified atom stereocenters. The molecule has 0 aromatic rings. The number of aliphatic hydroxyl groups is 1. The summed E-state index contributed by atoms with van der Waals surface area (Å²) in [7, 11) is -4.74. The molecule has 0 aromatic carbocycles. The van der Waals surface area contributed by atoms with Crippen molar-refractivity contribution < 1.29 is 22.9 Å². The van der Waals surface area contributed by atoms with Crippen LogP contribution in [0.15, 0.2) is 12.7 Å². The van der Waals surface area contributed by atoms with Gasteiger partial charge in [0.15, 0.2) is 0 Å². The van der Waals surface area contributed by atoms with Gasteiger partial charge in [-0.2, -0.15) is 8.42 Å². The van der Waals surface area contributed by atoms with Crippen LogP contribution in [0.1, 0.15) is 13.3 Å². The van der Waals surface area contributed by atoms with Gasteiger partial charge in [-0.05, 0) is 6.08 Å². The molecule has 0 spiro atoms. The van der Waals surface area contributed by atoms with E-state index in [0.717, 1.165) is 6.08 Å². The van der Waals surface area contributed by atoms with E-state index in [1.165, 1.54) is 6.92 Å². The molecule has 13 heavy (non-hydrogen) atoms. The van der Waals surface area contributed by atoms with Gasteiger partial charge >= 0.3 is 10.1 Å². The summed E-state index contributed by atoms with van der Waals surface area (Å²) >= 11 is 0. The summed E-state index contributed by atoms with van der Waals surface area (Å²) < 4.78 is 29.7. The predicted octanol–water partition coefficient (Wildman–Crippen LogP) is -0.768. The van der Waals surface area contributed by atoms with Crippen LogP contribution in [0.2, 0.25) is 0 Å². The Bertz CT molecular complexity index is 309. The van der Waals surface area contributed by atoms with Crippen molar-refractivity contribution in [1.82, 2.24) is 5.32 Å². The molecule has 0 radical (unpaired) electrons. The zero-order valence-electron chi connectivity index (χ0n) is 7.02. The highest BCUT2D eigenvalue weighted by atomic mass is 32.2. The van der Waals surface area contributed by atoms with Crippen molar-refractivity contribution in [1.29, 1.82) is 0 Å². The quantitative estimate of drug-likeness (QED) is 0.320. The van der Waals surface area contributed by atoms with Crippen LogP contribution in [0.5, 0.6) is 0 Å². The largest absolute Gasteiger partial charge is 0.357 e. The van der Waals surface area contributed by atoms with Crippen molar-refractivity contribution in [3.05, 3.63) is 12.7 Å². The second kappa shape index (κ2) is 3.86. The van der Waals surface area contributed by atoms with Gasteiger partial charge in [-0.15, -0.1) is 0 Å². The van der Waals surface area contributed by atoms with E-state index in [4.69, 9.17) is 4.55 Å². The summed E-state index contributed by atoms with van der Waals surface area (Å²) in [4.78, 5) is 10.7. The fourth-order valence-corrected chi connectivity index (χ4v) is 1.17. The Kier molecular flexibility index (Phi) is 3.59. The molecule has 0 fully saturated rings. The molecule has 0 bridgehead atoms. The van der Waals surface area contributed by atoms with E-state index in [0.29, 0.717) is 0 Å². The van der Waals surface area contributed by atoms with Gasteiger partial charge in [0, 0.05) is 6.42 Å². The van der Waals surface area contributed by atoms with Crippen LogP contribution in [0.3, 0.4) is 0 Å². The molecule has 0 aliphatic rings. The smallest absolute Gasteiger partial charge is 0.315 e. The molecular weight excluding hydrogens is 198 g/mol. The molecule has 0 heterocycles. The molecule has 0 aromatic heterocycles. The Hall–Kier alpha value is -0.920. The molecular formula is C6H11NO5S. The fraction of sp³-hybridized carbons (Fsp3) is 0.500. The maximum atomic E-state index is 10.7. The van der Waals surface area contributed by atoms with Gasteiger partial charge < -0.3 is 10.4 Å². The van der Waals surface area contributed by atoms with Crippen LogP contribution >= 0.6 is 0 Å². The monoisotopic (exact) mass is 209 g/mol. The van der Waals surface area contributed by atoms with Crippen LogP contribution in [-0.4, -0.2) is 29.0 Å². The van der Waals surface area contributed by atoms with Gasteiger partial charge in [-0.1, -0.05) is 13.5 Å². The van der Waals surface area contributed by atoms with Gasteiger partial charge in [0.25, 0.3) is 5.06 Å². The Balaban J connectivity index is 4.87. The van der Waals surface area contributed by atoms with Crippen molar-refractivity contribution in [2.24, 2.45) is 0 Å². The molecule has 0 saturated heterocycles. The lowest BCUT2D eigenvalue weighted by Gasteiger charge is -2.23. The van der Waals surface area contributed by atoms with Crippen molar-refractivity contribution in [2.75, 3.05) is 0 Å². The number of rotatable bonds is 4. The second-order valence-corrected chi connectivity index (χ2v) is 3.93. The topological polar surface area (TPSA) is 104 Å². The summed E-state index contributed by atoms with van der Waals surface area (Å²) in [5, 5.41) is 8.29. The minimum Gasteiger partial charge on any atom is -0.357 e. The second-order valence-electron chi connectivity index (χ2n) is 2.31. The number of nitrogens with one attached hydrogen (secondary N) is 1. The number of carbonyl (C=O) groups excluding carboxylic acids is 1. The van der Waals surface area contributed by atoms with Gasteiger partial charge in [0.2, 0.25) is 5.91 Å². The first kappa shape index (κ1) is 12.1. The third-order valence-corrected chi connectivity index (χ3v) is 2.65. The molecule has 3 N–H and O–H groups in total. The third kappa shape index (κ3) is 2.79. The van der Waals surface area contributed by atoms with Crippen LogP contribution < -0.4 is 5.32 Å². The average Bonchev–Trinajstić information content (AvgIpc) is 2.02. The van der Waals surface area contributed by atoms with E-state index in [1.807, 2.05) is 0 Å².